The summed E-state index contributed by atoms with van der Waals surface area (Å²) in [5, 5.41) is 3.05. The SMILES string of the molecule is Cc1cc(C)c(C(=O)CCC[Si](C)(C)C)c(NC(=O)C[C@H]2OC(C)(C)O[C@@H]2C(C)/C=C\[C@H](C)C(C)C)c1. The molecule has 0 radical (unpaired) electrons. The number of ketones is 1. The molecule has 1 N–H and O–H groups in total. The lowest BCUT2D eigenvalue weighted by molar-refractivity contribution is -0.150. The number of allylic oxidation sites excluding steroid dienone is 1. The Labute approximate surface area is 226 Å². The van der Waals surface area contributed by atoms with Crippen LogP contribution in [0.3, 0.4) is 0 Å². The van der Waals surface area contributed by atoms with Crippen LogP contribution in [0.1, 0.15) is 82.3 Å². The lowest BCUT2D eigenvalue weighted by Crippen LogP contribution is -2.32. The molecule has 1 aromatic rings. The van der Waals surface area contributed by atoms with Gasteiger partial charge in [0.15, 0.2) is 11.6 Å². The molecule has 0 spiro atoms. The maximum Gasteiger partial charge on any atom is 0.227 e. The Kier molecular flexibility index (Phi) is 10.9. The predicted octanol–water partition coefficient (Wildman–Crippen LogP) is 7.94. The van der Waals surface area contributed by atoms with Crippen LogP contribution in [0.5, 0.6) is 0 Å². The first-order chi connectivity index (χ1) is 17.0. The number of nitrogens with one attached hydrogen (secondary N) is 1. The molecular formula is C31H51NO4Si. The molecule has 4 atom stereocenters. The highest BCUT2D eigenvalue weighted by Crippen LogP contribution is 2.35. The minimum atomic E-state index is -1.21. The first-order valence-electron chi connectivity index (χ1n) is 14.0. The van der Waals surface area contributed by atoms with E-state index < -0.39 is 13.9 Å². The molecule has 1 saturated heterocycles. The van der Waals surface area contributed by atoms with Gasteiger partial charge in [-0.2, -0.15) is 0 Å². The molecule has 1 aromatic carbocycles. The van der Waals surface area contributed by atoms with Gasteiger partial charge >= 0.3 is 0 Å². The van der Waals surface area contributed by atoms with Gasteiger partial charge in [-0.3, -0.25) is 9.59 Å². The number of carbonyl (C=O) groups is 2. The average Bonchev–Trinajstić information content (AvgIpc) is 3.03. The first-order valence-corrected chi connectivity index (χ1v) is 17.7. The van der Waals surface area contributed by atoms with Crippen molar-refractivity contribution in [2.75, 3.05) is 5.32 Å². The predicted molar refractivity (Wildman–Crippen MR) is 157 cm³/mol. The number of ether oxygens (including phenoxy) is 2. The summed E-state index contributed by atoms with van der Waals surface area (Å²) in [4.78, 5) is 26.5. The van der Waals surface area contributed by atoms with E-state index in [-0.39, 0.29) is 36.2 Å². The molecule has 1 fully saturated rings. The lowest BCUT2D eigenvalue weighted by atomic mass is 9.92. The summed E-state index contributed by atoms with van der Waals surface area (Å²) in [7, 11) is -1.21. The van der Waals surface area contributed by atoms with Crippen LogP contribution in [0.2, 0.25) is 25.7 Å². The molecule has 2 rings (SSSR count). The van der Waals surface area contributed by atoms with Crippen molar-refractivity contribution in [1.82, 2.24) is 0 Å². The zero-order valence-corrected chi connectivity index (χ0v) is 26.2. The Balaban J connectivity index is 2.17. The summed E-state index contributed by atoms with van der Waals surface area (Å²) in [5.41, 5.74) is 3.16. The highest BCUT2D eigenvalue weighted by atomic mass is 28.3. The molecule has 0 aromatic heterocycles. The van der Waals surface area contributed by atoms with Gasteiger partial charge in [-0.15, -0.1) is 0 Å². The Morgan fingerprint density at radius 3 is 2.30 bits per heavy atom. The Morgan fingerprint density at radius 1 is 1.05 bits per heavy atom. The monoisotopic (exact) mass is 529 g/mol. The third-order valence-corrected chi connectivity index (χ3v) is 9.11. The van der Waals surface area contributed by atoms with Crippen molar-refractivity contribution in [2.45, 2.75) is 118 Å². The van der Waals surface area contributed by atoms with Gasteiger partial charge in [-0.25, -0.2) is 0 Å². The molecule has 0 aliphatic carbocycles. The Bertz CT molecular complexity index is 976. The number of hydrogen-bond donors (Lipinski definition) is 1. The zero-order chi connectivity index (χ0) is 28.1. The van der Waals surface area contributed by atoms with Crippen LogP contribution in [0.25, 0.3) is 0 Å². The number of benzene rings is 1. The normalized spacial score (nSPS) is 21.4. The molecule has 0 bridgehead atoms. The van der Waals surface area contributed by atoms with E-state index in [4.69, 9.17) is 9.47 Å². The molecule has 1 amide bonds. The van der Waals surface area contributed by atoms with Gasteiger partial charge in [-0.05, 0) is 63.1 Å². The number of Topliss-reactive ketones (excluding diaryl/α,β-unsaturated/α-hetero) is 1. The summed E-state index contributed by atoms with van der Waals surface area (Å²) < 4.78 is 12.4. The van der Waals surface area contributed by atoms with Crippen molar-refractivity contribution in [3.05, 3.63) is 41.0 Å². The van der Waals surface area contributed by atoms with Crippen LogP contribution in [0, 0.1) is 31.6 Å². The van der Waals surface area contributed by atoms with Gasteiger partial charge in [0.2, 0.25) is 5.91 Å². The van der Waals surface area contributed by atoms with Gasteiger partial charge in [0, 0.05) is 26.0 Å². The van der Waals surface area contributed by atoms with Crippen LogP contribution in [-0.2, 0) is 14.3 Å². The Hall–Kier alpha value is -1.76. The van der Waals surface area contributed by atoms with Gasteiger partial charge in [0.05, 0.1) is 24.3 Å². The standard InChI is InChI=1S/C31H51NO4Si/c1-20(2)22(4)14-15-23(5)30-27(35-31(7,8)36-30)19-28(34)32-25-18-21(3)17-24(6)29(25)26(33)13-12-16-37(9,10)11/h14-15,17-18,20,22-23,27,30H,12-13,16,19H2,1-11H3,(H,32,34)/b15-14-/t22-,23?,27+,30+/m0/s1. The third kappa shape index (κ3) is 9.81. The van der Waals surface area contributed by atoms with E-state index in [2.05, 4.69) is 64.8 Å². The van der Waals surface area contributed by atoms with Crippen molar-refractivity contribution in [2.24, 2.45) is 17.8 Å². The van der Waals surface area contributed by atoms with Crippen LogP contribution >= 0.6 is 0 Å². The van der Waals surface area contributed by atoms with E-state index in [1.165, 1.54) is 0 Å². The molecule has 208 valence electrons. The van der Waals surface area contributed by atoms with E-state index in [9.17, 15) is 9.59 Å². The summed E-state index contributed by atoms with van der Waals surface area (Å²) in [5.74, 6) is 0.315. The summed E-state index contributed by atoms with van der Waals surface area (Å²) in [6.45, 7) is 23.5. The second kappa shape index (κ2) is 12.9. The number of carbonyl (C=O) groups excluding carboxylic acids is 2. The molecule has 0 saturated carbocycles. The minimum absolute atomic E-state index is 0.101. The van der Waals surface area contributed by atoms with Crippen LogP contribution in [0.15, 0.2) is 24.3 Å². The summed E-state index contributed by atoms with van der Waals surface area (Å²) >= 11 is 0. The average molecular weight is 530 g/mol. The molecule has 37 heavy (non-hydrogen) atoms. The van der Waals surface area contributed by atoms with Gasteiger partial charge in [0.25, 0.3) is 0 Å². The molecule has 1 aliphatic rings. The largest absolute Gasteiger partial charge is 0.344 e. The van der Waals surface area contributed by atoms with Crippen LogP contribution in [-0.4, -0.2) is 37.8 Å². The van der Waals surface area contributed by atoms with Crippen LogP contribution in [0.4, 0.5) is 5.69 Å². The fourth-order valence-electron chi connectivity index (χ4n) is 4.87. The van der Waals surface area contributed by atoms with Gasteiger partial charge < -0.3 is 14.8 Å². The van der Waals surface area contributed by atoms with Crippen molar-refractivity contribution < 1.29 is 19.1 Å². The van der Waals surface area contributed by atoms with E-state index in [1.54, 1.807) is 0 Å². The molecule has 6 heteroatoms. The van der Waals surface area contributed by atoms with E-state index in [0.29, 0.717) is 29.5 Å². The third-order valence-electron chi connectivity index (χ3n) is 7.26. The second-order valence-corrected chi connectivity index (χ2v) is 18.7. The Morgan fingerprint density at radius 2 is 1.70 bits per heavy atom. The number of amides is 1. The number of rotatable bonds is 12. The molecular weight excluding hydrogens is 478 g/mol. The van der Waals surface area contributed by atoms with Gasteiger partial charge in [0.1, 0.15) is 0 Å². The fourth-order valence-corrected chi connectivity index (χ4v) is 6.11. The molecule has 5 nitrogen and oxygen atoms in total. The highest BCUT2D eigenvalue weighted by molar-refractivity contribution is 6.76. The molecule has 1 aliphatic heterocycles. The first kappa shape index (κ1) is 31.5. The zero-order valence-electron chi connectivity index (χ0n) is 25.2. The highest BCUT2D eigenvalue weighted by Gasteiger charge is 2.44. The van der Waals surface area contributed by atoms with Crippen molar-refractivity contribution in [1.29, 1.82) is 0 Å². The minimum Gasteiger partial charge on any atom is -0.344 e. The molecule has 1 heterocycles. The van der Waals surface area contributed by atoms with E-state index in [0.717, 1.165) is 23.6 Å². The smallest absolute Gasteiger partial charge is 0.227 e. The fraction of sp³-hybridized carbons (Fsp3) is 0.677. The maximum atomic E-state index is 13.3. The lowest BCUT2D eigenvalue weighted by Gasteiger charge is -2.22. The van der Waals surface area contributed by atoms with E-state index in [1.807, 2.05) is 39.8 Å². The topological polar surface area (TPSA) is 64.6 Å². The maximum absolute atomic E-state index is 13.3. The second-order valence-electron chi connectivity index (χ2n) is 13.1. The van der Waals surface area contributed by atoms with Gasteiger partial charge in [-0.1, -0.05) is 71.6 Å². The van der Waals surface area contributed by atoms with Crippen molar-refractivity contribution in [3.8, 4) is 0 Å². The number of hydrogen-bond acceptors (Lipinski definition) is 4. The quantitative estimate of drug-likeness (QED) is 0.170. The number of anilines is 1. The molecule has 1 unspecified atom stereocenters. The van der Waals surface area contributed by atoms with Crippen molar-refractivity contribution >= 4 is 25.5 Å². The van der Waals surface area contributed by atoms with E-state index >= 15 is 0 Å². The summed E-state index contributed by atoms with van der Waals surface area (Å²) in [6.07, 6.45) is 5.39. The summed E-state index contributed by atoms with van der Waals surface area (Å²) in [6, 6.07) is 5.03. The number of aryl methyl sites for hydroxylation is 2. The van der Waals surface area contributed by atoms with Crippen LogP contribution < -0.4 is 5.32 Å². The van der Waals surface area contributed by atoms with Crippen molar-refractivity contribution in [3.63, 3.8) is 0 Å².